The molecule has 0 unspecified atom stereocenters. The van der Waals surface area contributed by atoms with Gasteiger partial charge in [-0.15, -0.1) is 0 Å². The molecule has 1 heterocycles. The highest BCUT2D eigenvalue weighted by molar-refractivity contribution is 5.78. The molecular weight excluding hydrogens is 334 g/mol. The van der Waals surface area contributed by atoms with Gasteiger partial charge in [0, 0.05) is 5.69 Å². The van der Waals surface area contributed by atoms with E-state index >= 15 is 0 Å². The summed E-state index contributed by atoms with van der Waals surface area (Å²) in [4.78, 5) is 20.8. The van der Waals surface area contributed by atoms with E-state index in [0.717, 1.165) is 5.69 Å². The van der Waals surface area contributed by atoms with Gasteiger partial charge in [0.2, 0.25) is 11.8 Å². The van der Waals surface area contributed by atoms with Crippen molar-refractivity contribution >= 4 is 28.8 Å². The molecule has 3 rings (SSSR count). The largest absolute Gasteiger partial charge is 0.495 e. The van der Waals surface area contributed by atoms with Crippen molar-refractivity contribution in [1.29, 1.82) is 0 Å². The summed E-state index contributed by atoms with van der Waals surface area (Å²) in [5, 5.41) is 11.2. The molecule has 2 N–H and O–H groups in total. The monoisotopic (exact) mass is 351 g/mol. The molecule has 0 radical (unpaired) electrons. The minimum Gasteiger partial charge on any atom is -0.495 e. The van der Waals surface area contributed by atoms with Gasteiger partial charge in [0.25, 0.3) is 0 Å². The lowest BCUT2D eigenvalue weighted by Crippen LogP contribution is -2.16. The van der Waals surface area contributed by atoms with Crippen molar-refractivity contribution in [3.05, 3.63) is 70.4 Å². The second kappa shape index (κ2) is 7.06. The van der Waals surface area contributed by atoms with Crippen molar-refractivity contribution in [3.8, 4) is 5.75 Å². The molecule has 0 fully saturated rings. The number of hydrogen-bond donors (Lipinski definition) is 1. The number of nitro groups is 1. The van der Waals surface area contributed by atoms with E-state index in [0.29, 0.717) is 11.4 Å². The number of para-hydroxylation sites is 3. The molecule has 2 aromatic carbocycles. The number of nitrogens with two attached hydrogens (primary N) is 1. The number of hydrogen-bond acceptors (Lipinski definition) is 7. The van der Waals surface area contributed by atoms with Crippen molar-refractivity contribution in [1.82, 2.24) is 9.97 Å². The molecule has 0 aliphatic carbocycles. The van der Waals surface area contributed by atoms with E-state index in [9.17, 15) is 10.1 Å². The summed E-state index contributed by atoms with van der Waals surface area (Å²) < 4.78 is 5.46. The Morgan fingerprint density at radius 2 is 1.73 bits per heavy atom. The highest BCUT2D eigenvalue weighted by Crippen LogP contribution is 2.39. The molecule has 0 aliphatic heterocycles. The third-order valence-corrected chi connectivity index (χ3v) is 3.80. The average molecular weight is 351 g/mol. The van der Waals surface area contributed by atoms with E-state index in [-0.39, 0.29) is 23.1 Å². The quantitative estimate of drug-likeness (QED) is 0.551. The lowest BCUT2D eigenvalue weighted by Gasteiger charge is -2.25. The minimum atomic E-state index is -0.579. The number of aromatic nitrogens is 2. The first-order valence-corrected chi connectivity index (χ1v) is 7.79. The smallest absolute Gasteiger partial charge is 0.332 e. The summed E-state index contributed by atoms with van der Waals surface area (Å²) in [5.74, 6) is 0.643. The number of aryl methyl sites for hydroxylation is 1. The number of nitrogens with zero attached hydrogens (tertiary/aromatic N) is 4. The third-order valence-electron chi connectivity index (χ3n) is 3.80. The van der Waals surface area contributed by atoms with Gasteiger partial charge in [-0.3, -0.25) is 15.0 Å². The van der Waals surface area contributed by atoms with Gasteiger partial charge in [-0.1, -0.05) is 30.3 Å². The second-order valence-corrected chi connectivity index (χ2v) is 5.44. The number of ether oxygens (including phenoxy) is 1. The Kier molecular flexibility index (Phi) is 4.66. The zero-order chi connectivity index (χ0) is 18.7. The molecular formula is C18H17N5O3. The van der Waals surface area contributed by atoms with Crippen LogP contribution in [-0.2, 0) is 0 Å². The molecule has 0 atom stereocenters. The normalized spacial score (nSPS) is 10.4. The molecule has 26 heavy (non-hydrogen) atoms. The highest BCUT2D eigenvalue weighted by Gasteiger charge is 2.25. The van der Waals surface area contributed by atoms with Crippen LogP contribution in [0.3, 0.4) is 0 Å². The van der Waals surface area contributed by atoms with Gasteiger partial charge >= 0.3 is 5.69 Å². The van der Waals surface area contributed by atoms with Crippen molar-refractivity contribution in [2.45, 2.75) is 6.92 Å². The van der Waals surface area contributed by atoms with E-state index in [1.807, 2.05) is 54.6 Å². The van der Waals surface area contributed by atoms with Gasteiger partial charge in [0.05, 0.1) is 17.7 Å². The first kappa shape index (κ1) is 17.2. The zero-order valence-corrected chi connectivity index (χ0v) is 14.3. The van der Waals surface area contributed by atoms with Crippen LogP contribution in [0.4, 0.5) is 28.8 Å². The van der Waals surface area contributed by atoms with Gasteiger partial charge in [0.1, 0.15) is 11.4 Å². The van der Waals surface area contributed by atoms with Crippen LogP contribution in [0, 0.1) is 17.0 Å². The molecule has 132 valence electrons. The summed E-state index contributed by atoms with van der Waals surface area (Å²) in [6.07, 6.45) is 0. The number of nitrogen functional groups attached to an aromatic ring is 1. The van der Waals surface area contributed by atoms with Crippen molar-refractivity contribution in [3.63, 3.8) is 0 Å². The maximum atomic E-state index is 11.2. The maximum Gasteiger partial charge on any atom is 0.332 e. The fourth-order valence-corrected chi connectivity index (χ4v) is 2.65. The Hall–Kier alpha value is -3.68. The van der Waals surface area contributed by atoms with E-state index < -0.39 is 4.92 Å². The predicted molar refractivity (Wildman–Crippen MR) is 99.1 cm³/mol. The molecule has 8 heteroatoms. The lowest BCUT2D eigenvalue weighted by atomic mass is 10.2. The standard InChI is InChI=1S/C18H17N5O3/c1-12-16(23(24)25)17(19)21-18(20-12)22(13-8-4-3-5-9-13)14-10-6-7-11-15(14)26-2/h3-11H,1-2H3,(H2,19,20,21). The summed E-state index contributed by atoms with van der Waals surface area (Å²) in [6.45, 7) is 1.53. The fraction of sp³-hybridized carbons (Fsp3) is 0.111. The minimum absolute atomic E-state index is 0.187. The highest BCUT2D eigenvalue weighted by atomic mass is 16.6. The topological polar surface area (TPSA) is 107 Å². The van der Waals surface area contributed by atoms with Crippen LogP contribution in [0.1, 0.15) is 5.69 Å². The van der Waals surface area contributed by atoms with Crippen LogP contribution >= 0.6 is 0 Å². The van der Waals surface area contributed by atoms with Gasteiger partial charge < -0.3 is 10.5 Å². The number of methoxy groups -OCH3 is 1. The molecule has 0 amide bonds. The molecule has 0 saturated carbocycles. The molecule has 3 aromatic rings. The Labute approximate surface area is 150 Å². The third kappa shape index (κ3) is 3.12. The molecule has 0 bridgehead atoms. The van der Waals surface area contributed by atoms with Crippen LogP contribution in [0.5, 0.6) is 5.75 Å². The molecule has 1 aromatic heterocycles. The zero-order valence-electron chi connectivity index (χ0n) is 14.3. The van der Waals surface area contributed by atoms with Crippen molar-refractivity contribution in [2.24, 2.45) is 0 Å². The number of benzene rings is 2. The second-order valence-electron chi connectivity index (χ2n) is 5.44. The van der Waals surface area contributed by atoms with Gasteiger partial charge in [0.15, 0.2) is 0 Å². The molecule has 0 spiro atoms. The predicted octanol–water partition coefficient (Wildman–Crippen LogP) is 3.75. The maximum absolute atomic E-state index is 11.2. The Morgan fingerprint density at radius 3 is 2.35 bits per heavy atom. The Morgan fingerprint density at radius 1 is 1.08 bits per heavy atom. The first-order valence-electron chi connectivity index (χ1n) is 7.79. The van der Waals surface area contributed by atoms with Crippen LogP contribution in [0.15, 0.2) is 54.6 Å². The first-order chi connectivity index (χ1) is 12.5. The van der Waals surface area contributed by atoms with E-state index in [1.54, 1.807) is 12.0 Å². The van der Waals surface area contributed by atoms with E-state index in [4.69, 9.17) is 10.5 Å². The van der Waals surface area contributed by atoms with Crippen LogP contribution in [0.2, 0.25) is 0 Å². The van der Waals surface area contributed by atoms with E-state index in [1.165, 1.54) is 6.92 Å². The fourth-order valence-electron chi connectivity index (χ4n) is 2.65. The summed E-state index contributed by atoms with van der Waals surface area (Å²) >= 11 is 0. The summed E-state index contributed by atoms with van der Waals surface area (Å²) in [7, 11) is 1.57. The molecule has 8 nitrogen and oxygen atoms in total. The number of rotatable bonds is 5. The van der Waals surface area contributed by atoms with Crippen LogP contribution in [0.25, 0.3) is 0 Å². The SMILES string of the molecule is COc1ccccc1N(c1ccccc1)c1nc(C)c([N+](=O)[O-])c(N)n1. The number of anilines is 4. The van der Waals surface area contributed by atoms with Gasteiger partial charge in [-0.05, 0) is 31.2 Å². The lowest BCUT2D eigenvalue weighted by molar-refractivity contribution is -0.385. The summed E-state index contributed by atoms with van der Waals surface area (Å²) in [5.41, 5.74) is 7.19. The Bertz CT molecular complexity index is 924. The van der Waals surface area contributed by atoms with Gasteiger partial charge in [-0.2, -0.15) is 4.98 Å². The Balaban J connectivity index is 2.24. The van der Waals surface area contributed by atoms with Crippen LogP contribution < -0.4 is 15.4 Å². The van der Waals surface area contributed by atoms with Crippen LogP contribution in [-0.4, -0.2) is 22.0 Å². The summed E-state index contributed by atoms with van der Waals surface area (Å²) in [6, 6.07) is 16.8. The molecule has 0 saturated heterocycles. The van der Waals surface area contributed by atoms with Gasteiger partial charge in [-0.25, -0.2) is 4.98 Å². The molecule has 0 aliphatic rings. The van der Waals surface area contributed by atoms with E-state index in [2.05, 4.69) is 9.97 Å². The van der Waals surface area contributed by atoms with Crippen molar-refractivity contribution < 1.29 is 9.66 Å². The average Bonchev–Trinajstić information content (AvgIpc) is 2.62. The van der Waals surface area contributed by atoms with Crippen molar-refractivity contribution in [2.75, 3.05) is 17.7 Å².